The molecule has 0 unspecified atom stereocenters. The summed E-state index contributed by atoms with van der Waals surface area (Å²) in [6.45, 7) is 5.45. The highest BCUT2D eigenvalue weighted by atomic mass is 32.1. The fourth-order valence-corrected chi connectivity index (χ4v) is 3.64. The van der Waals surface area contributed by atoms with Gasteiger partial charge in [0.1, 0.15) is 0 Å². The van der Waals surface area contributed by atoms with Crippen molar-refractivity contribution in [2.75, 3.05) is 5.32 Å². The molecule has 1 amide bonds. The van der Waals surface area contributed by atoms with Crippen LogP contribution in [0.1, 0.15) is 39.1 Å². The van der Waals surface area contributed by atoms with Crippen LogP contribution in [-0.2, 0) is 12.6 Å². The number of aromatic nitrogens is 3. The molecule has 0 aliphatic rings. The first-order chi connectivity index (χ1) is 12.7. The summed E-state index contributed by atoms with van der Waals surface area (Å²) in [4.78, 5) is 17.7. The Morgan fingerprint density at radius 2 is 1.96 bits per heavy atom. The Kier molecular flexibility index (Phi) is 5.05. The number of carbonyl (C=O) groups excluding carboxylic acids is 1. The lowest BCUT2D eigenvalue weighted by atomic mass is 10.2. The SMILES string of the molecule is CCc1nc(NC(=O)c2cnn(-c3ccccc3C)c2C(F)(F)F)sc1C. The molecule has 9 heteroatoms. The number of rotatable bonds is 4. The smallest absolute Gasteiger partial charge is 0.298 e. The molecule has 27 heavy (non-hydrogen) atoms. The van der Waals surface area contributed by atoms with Crippen molar-refractivity contribution in [1.29, 1.82) is 0 Å². The van der Waals surface area contributed by atoms with Gasteiger partial charge in [-0.25, -0.2) is 9.67 Å². The lowest BCUT2D eigenvalue weighted by Gasteiger charge is -2.14. The second-order valence-electron chi connectivity index (χ2n) is 5.93. The Labute approximate surface area is 157 Å². The molecule has 2 heterocycles. The molecule has 0 saturated carbocycles. The summed E-state index contributed by atoms with van der Waals surface area (Å²) in [6, 6.07) is 6.55. The Bertz CT molecular complexity index is 991. The molecule has 0 atom stereocenters. The van der Waals surface area contributed by atoms with Crippen LogP contribution in [0.2, 0.25) is 0 Å². The Balaban J connectivity index is 2.03. The van der Waals surface area contributed by atoms with E-state index in [1.54, 1.807) is 25.1 Å². The summed E-state index contributed by atoms with van der Waals surface area (Å²) >= 11 is 1.23. The average molecular weight is 394 g/mol. The number of hydrogen-bond acceptors (Lipinski definition) is 4. The minimum absolute atomic E-state index is 0.266. The van der Waals surface area contributed by atoms with Crippen LogP contribution in [0.5, 0.6) is 0 Å². The van der Waals surface area contributed by atoms with Crippen molar-refractivity contribution in [3.8, 4) is 5.69 Å². The number of para-hydroxylation sites is 1. The minimum Gasteiger partial charge on any atom is -0.298 e. The average Bonchev–Trinajstić information content (AvgIpc) is 3.18. The highest BCUT2D eigenvalue weighted by Crippen LogP contribution is 2.35. The quantitative estimate of drug-likeness (QED) is 0.693. The molecule has 3 aromatic rings. The van der Waals surface area contributed by atoms with Gasteiger partial charge in [-0.05, 0) is 31.9 Å². The van der Waals surface area contributed by atoms with Crippen molar-refractivity contribution >= 4 is 22.4 Å². The number of anilines is 1. The Morgan fingerprint density at radius 1 is 1.26 bits per heavy atom. The van der Waals surface area contributed by atoms with Crippen molar-refractivity contribution in [3.63, 3.8) is 0 Å². The monoisotopic (exact) mass is 394 g/mol. The summed E-state index contributed by atoms with van der Waals surface area (Å²) in [5.41, 5.74) is 0.0281. The van der Waals surface area contributed by atoms with Gasteiger partial charge in [-0.2, -0.15) is 18.3 Å². The van der Waals surface area contributed by atoms with Crippen LogP contribution < -0.4 is 5.32 Å². The minimum atomic E-state index is -4.75. The molecule has 0 radical (unpaired) electrons. The first-order valence-electron chi connectivity index (χ1n) is 8.21. The van der Waals surface area contributed by atoms with Gasteiger partial charge in [0.15, 0.2) is 10.8 Å². The van der Waals surface area contributed by atoms with E-state index in [2.05, 4.69) is 15.4 Å². The van der Waals surface area contributed by atoms with Gasteiger partial charge in [-0.3, -0.25) is 10.1 Å². The molecule has 0 spiro atoms. The molecular weight excluding hydrogens is 377 g/mol. The second kappa shape index (κ2) is 7.15. The van der Waals surface area contributed by atoms with Gasteiger partial charge in [-0.15, -0.1) is 11.3 Å². The zero-order chi connectivity index (χ0) is 19.8. The predicted octanol–water partition coefficient (Wildman–Crippen LogP) is 4.78. The third-order valence-corrected chi connectivity index (χ3v) is 5.00. The largest absolute Gasteiger partial charge is 0.434 e. The summed E-state index contributed by atoms with van der Waals surface area (Å²) < 4.78 is 41.9. The summed E-state index contributed by atoms with van der Waals surface area (Å²) in [6.07, 6.45) is -3.14. The predicted molar refractivity (Wildman–Crippen MR) is 97.5 cm³/mol. The van der Waals surface area contributed by atoms with Crippen LogP contribution in [0, 0.1) is 13.8 Å². The first-order valence-corrected chi connectivity index (χ1v) is 9.03. The molecule has 0 bridgehead atoms. The molecule has 0 aliphatic heterocycles. The summed E-state index contributed by atoms with van der Waals surface area (Å²) in [5, 5.41) is 6.56. The van der Waals surface area contributed by atoms with E-state index in [0.717, 1.165) is 21.4 Å². The third kappa shape index (κ3) is 3.73. The Hall–Kier alpha value is -2.68. The van der Waals surface area contributed by atoms with Crippen LogP contribution >= 0.6 is 11.3 Å². The van der Waals surface area contributed by atoms with Crippen molar-refractivity contribution < 1.29 is 18.0 Å². The normalized spacial score (nSPS) is 11.6. The van der Waals surface area contributed by atoms with E-state index < -0.39 is 23.3 Å². The molecule has 0 aliphatic carbocycles. The van der Waals surface area contributed by atoms with Gasteiger partial charge in [0.05, 0.1) is 23.1 Å². The van der Waals surface area contributed by atoms with Crippen LogP contribution in [0.15, 0.2) is 30.5 Å². The highest BCUT2D eigenvalue weighted by Gasteiger charge is 2.41. The fourth-order valence-electron chi connectivity index (χ4n) is 2.75. The van der Waals surface area contributed by atoms with E-state index in [-0.39, 0.29) is 10.8 Å². The van der Waals surface area contributed by atoms with Gasteiger partial charge in [0, 0.05) is 4.88 Å². The number of alkyl halides is 3. The van der Waals surface area contributed by atoms with E-state index >= 15 is 0 Å². The number of hydrogen-bond donors (Lipinski definition) is 1. The van der Waals surface area contributed by atoms with Crippen molar-refractivity contribution in [2.45, 2.75) is 33.4 Å². The number of carbonyl (C=O) groups is 1. The number of amides is 1. The van der Waals surface area contributed by atoms with Crippen molar-refractivity contribution in [2.24, 2.45) is 0 Å². The van der Waals surface area contributed by atoms with Crippen molar-refractivity contribution in [3.05, 3.63) is 57.9 Å². The van der Waals surface area contributed by atoms with E-state index in [4.69, 9.17) is 0 Å². The number of aryl methyl sites for hydroxylation is 3. The van der Waals surface area contributed by atoms with Crippen LogP contribution in [0.3, 0.4) is 0 Å². The fraction of sp³-hybridized carbons (Fsp3) is 0.278. The summed E-state index contributed by atoms with van der Waals surface area (Å²) in [7, 11) is 0. The van der Waals surface area contributed by atoms with E-state index in [1.165, 1.54) is 17.4 Å². The van der Waals surface area contributed by atoms with Gasteiger partial charge in [0.25, 0.3) is 5.91 Å². The number of benzene rings is 1. The van der Waals surface area contributed by atoms with E-state index in [1.807, 2.05) is 13.8 Å². The second-order valence-corrected chi connectivity index (χ2v) is 7.14. The maximum Gasteiger partial charge on any atom is 0.434 e. The topological polar surface area (TPSA) is 59.8 Å². The number of nitrogens with zero attached hydrogens (tertiary/aromatic N) is 3. The molecule has 0 saturated heterocycles. The standard InChI is InChI=1S/C18H17F3N4OS/c1-4-13-11(3)27-17(23-13)24-16(26)12-9-22-25(15(12)18(19,20)21)14-8-6-5-7-10(14)2/h5-9H,4H2,1-3H3,(H,23,24,26). The van der Waals surface area contributed by atoms with Gasteiger partial charge in [0.2, 0.25) is 0 Å². The lowest BCUT2D eigenvalue weighted by Crippen LogP contribution is -2.21. The first kappa shape index (κ1) is 19.1. The number of halogens is 3. The maximum atomic E-state index is 13.7. The zero-order valence-corrected chi connectivity index (χ0v) is 15.7. The highest BCUT2D eigenvalue weighted by molar-refractivity contribution is 7.15. The number of nitrogens with one attached hydrogen (secondary N) is 1. The van der Waals surface area contributed by atoms with Crippen LogP contribution in [0.25, 0.3) is 5.69 Å². The molecule has 0 fully saturated rings. The number of thiazole rings is 1. The van der Waals surface area contributed by atoms with Crippen molar-refractivity contribution in [1.82, 2.24) is 14.8 Å². The zero-order valence-electron chi connectivity index (χ0n) is 14.9. The van der Waals surface area contributed by atoms with Gasteiger partial charge in [-0.1, -0.05) is 25.1 Å². The molecule has 1 N–H and O–H groups in total. The molecular formula is C18H17F3N4OS. The molecule has 3 rings (SSSR count). The molecule has 1 aromatic carbocycles. The van der Waals surface area contributed by atoms with E-state index in [9.17, 15) is 18.0 Å². The molecule has 2 aromatic heterocycles. The third-order valence-electron chi connectivity index (χ3n) is 4.07. The summed E-state index contributed by atoms with van der Waals surface area (Å²) in [5.74, 6) is -0.890. The molecule has 142 valence electrons. The molecule has 5 nitrogen and oxygen atoms in total. The lowest BCUT2D eigenvalue weighted by molar-refractivity contribution is -0.143. The van der Waals surface area contributed by atoms with E-state index in [0.29, 0.717) is 12.0 Å². The van der Waals surface area contributed by atoms with Crippen LogP contribution in [0.4, 0.5) is 18.3 Å². The van der Waals surface area contributed by atoms with Crippen LogP contribution in [-0.4, -0.2) is 20.7 Å². The Morgan fingerprint density at radius 3 is 2.56 bits per heavy atom. The van der Waals surface area contributed by atoms with Gasteiger partial charge < -0.3 is 0 Å². The van der Waals surface area contributed by atoms with Gasteiger partial charge >= 0.3 is 6.18 Å². The maximum absolute atomic E-state index is 13.7.